The van der Waals surface area contributed by atoms with Crippen molar-refractivity contribution >= 4 is 11.8 Å². The van der Waals surface area contributed by atoms with Gasteiger partial charge in [0, 0.05) is 16.5 Å². The van der Waals surface area contributed by atoms with Gasteiger partial charge in [-0.05, 0) is 50.6 Å². The maximum Gasteiger partial charge on any atom is 0.119 e. The first-order valence-electron chi connectivity index (χ1n) is 6.71. The molecule has 0 aromatic heterocycles. The first-order chi connectivity index (χ1) is 8.58. The number of fused-ring (bicyclic) bond motifs is 1. The number of hydrogen-bond acceptors (Lipinski definition) is 3. The van der Waals surface area contributed by atoms with Crippen molar-refractivity contribution in [1.29, 1.82) is 0 Å². The first kappa shape index (κ1) is 13.8. The molecule has 0 saturated carbocycles. The number of rotatable bonds is 4. The van der Waals surface area contributed by atoms with E-state index in [1.807, 2.05) is 18.7 Å². The van der Waals surface area contributed by atoms with Crippen molar-refractivity contribution in [3.63, 3.8) is 0 Å². The third-order valence-electron chi connectivity index (χ3n) is 3.44. The molecule has 1 N–H and O–H groups in total. The minimum atomic E-state index is 0.230. The summed E-state index contributed by atoms with van der Waals surface area (Å²) in [6.45, 7) is 10.6. The summed E-state index contributed by atoms with van der Waals surface area (Å²) in [4.78, 5) is 0. The molecule has 1 aromatic carbocycles. The second-order valence-electron chi connectivity index (χ2n) is 5.18. The summed E-state index contributed by atoms with van der Waals surface area (Å²) in [5.41, 5.74) is 2.85. The molecular weight excluding hydrogens is 242 g/mol. The van der Waals surface area contributed by atoms with E-state index in [1.165, 1.54) is 11.1 Å². The van der Waals surface area contributed by atoms with Crippen LogP contribution in [0, 0.1) is 0 Å². The van der Waals surface area contributed by atoms with Crippen molar-refractivity contribution in [2.24, 2.45) is 0 Å². The van der Waals surface area contributed by atoms with Crippen LogP contribution in [0.15, 0.2) is 18.2 Å². The Kier molecular flexibility index (Phi) is 4.23. The molecule has 18 heavy (non-hydrogen) atoms. The van der Waals surface area contributed by atoms with Gasteiger partial charge in [0.15, 0.2) is 0 Å². The molecule has 1 heterocycles. The lowest BCUT2D eigenvalue weighted by Crippen LogP contribution is -2.39. The van der Waals surface area contributed by atoms with E-state index in [4.69, 9.17) is 4.74 Å². The summed E-state index contributed by atoms with van der Waals surface area (Å²) in [7, 11) is 0. The van der Waals surface area contributed by atoms with Crippen LogP contribution < -0.4 is 10.1 Å². The topological polar surface area (TPSA) is 21.3 Å². The van der Waals surface area contributed by atoms with Crippen molar-refractivity contribution in [3.8, 4) is 5.75 Å². The average Bonchev–Trinajstić information content (AvgIpc) is 2.33. The fourth-order valence-corrected chi connectivity index (χ4v) is 3.68. The van der Waals surface area contributed by atoms with Gasteiger partial charge in [0.05, 0.1) is 6.61 Å². The zero-order valence-electron chi connectivity index (χ0n) is 11.7. The van der Waals surface area contributed by atoms with Gasteiger partial charge in [0.25, 0.3) is 0 Å². The Bertz CT molecular complexity index is 417. The lowest BCUT2D eigenvalue weighted by molar-refractivity contribution is 0.338. The molecule has 0 amide bonds. The van der Waals surface area contributed by atoms with Gasteiger partial charge in [-0.15, -0.1) is 11.8 Å². The Morgan fingerprint density at radius 1 is 1.39 bits per heavy atom. The Morgan fingerprint density at radius 3 is 2.83 bits per heavy atom. The molecule has 0 radical (unpaired) electrons. The van der Waals surface area contributed by atoms with E-state index < -0.39 is 0 Å². The largest absolute Gasteiger partial charge is 0.494 e. The SMILES string of the molecule is CCNC1c2cc(OCC)ccc2CSC1(C)C. The molecule has 0 bridgehead atoms. The van der Waals surface area contributed by atoms with Crippen LogP contribution in [0.1, 0.15) is 44.9 Å². The van der Waals surface area contributed by atoms with E-state index in [2.05, 4.69) is 44.3 Å². The van der Waals surface area contributed by atoms with Crippen LogP contribution in [-0.4, -0.2) is 17.9 Å². The van der Waals surface area contributed by atoms with Crippen LogP contribution in [0.5, 0.6) is 5.75 Å². The molecule has 0 fully saturated rings. The Labute approximate surface area is 114 Å². The number of ether oxygens (including phenoxy) is 1. The van der Waals surface area contributed by atoms with Gasteiger partial charge in [0.1, 0.15) is 5.75 Å². The number of hydrogen-bond donors (Lipinski definition) is 1. The normalized spacial score (nSPS) is 21.4. The van der Waals surface area contributed by atoms with E-state index in [0.717, 1.165) is 24.7 Å². The molecule has 1 aliphatic heterocycles. The molecule has 1 aromatic rings. The Morgan fingerprint density at radius 2 is 2.17 bits per heavy atom. The smallest absolute Gasteiger partial charge is 0.119 e. The molecule has 3 heteroatoms. The summed E-state index contributed by atoms with van der Waals surface area (Å²) in [5.74, 6) is 2.08. The monoisotopic (exact) mass is 265 g/mol. The zero-order valence-corrected chi connectivity index (χ0v) is 12.6. The molecule has 0 aliphatic carbocycles. The van der Waals surface area contributed by atoms with Gasteiger partial charge in [-0.2, -0.15) is 0 Å². The molecule has 0 spiro atoms. The predicted octanol–water partition coefficient (Wildman–Crippen LogP) is 3.76. The molecule has 2 nitrogen and oxygen atoms in total. The van der Waals surface area contributed by atoms with Crippen LogP contribution in [0.2, 0.25) is 0 Å². The molecule has 100 valence electrons. The molecule has 1 atom stereocenters. The summed E-state index contributed by atoms with van der Waals surface area (Å²) in [6, 6.07) is 6.92. The summed E-state index contributed by atoms with van der Waals surface area (Å²) in [6.07, 6.45) is 0. The van der Waals surface area contributed by atoms with Gasteiger partial charge in [-0.3, -0.25) is 0 Å². The van der Waals surface area contributed by atoms with Crippen LogP contribution in [0.4, 0.5) is 0 Å². The zero-order chi connectivity index (χ0) is 13.2. The van der Waals surface area contributed by atoms with E-state index in [9.17, 15) is 0 Å². The van der Waals surface area contributed by atoms with Crippen LogP contribution >= 0.6 is 11.8 Å². The number of benzene rings is 1. The minimum Gasteiger partial charge on any atom is -0.494 e. The maximum absolute atomic E-state index is 5.63. The van der Waals surface area contributed by atoms with Gasteiger partial charge in [-0.1, -0.05) is 13.0 Å². The third kappa shape index (κ3) is 2.67. The van der Waals surface area contributed by atoms with Crippen LogP contribution in [0.25, 0.3) is 0 Å². The lowest BCUT2D eigenvalue weighted by Gasteiger charge is -2.40. The van der Waals surface area contributed by atoms with Crippen molar-refractivity contribution in [1.82, 2.24) is 5.32 Å². The minimum absolute atomic E-state index is 0.230. The number of nitrogens with one attached hydrogen (secondary N) is 1. The second kappa shape index (κ2) is 5.54. The fourth-order valence-electron chi connectivity index (χ4n) is 2.51. The third-order valence-corrected chi connectivity index (χ3v) is 4.88. The molecule has 1 unspecified atom stereocenters. The van der Waals surface area contributed by atoms with Crippen molar-refractivity contribution in [3.05, 3.63) is 29.3 Å². The van der Waals surface area contributed by atoms with Gasteiger partial charge >= 0.3 is 0 Å². The van der Waals surface area contributed by atoms with E-state index >= 15 is 0 Å². The molecule has 1 aliphatic rings. The molecular formula is C15H23NOS. The van der Waals surface area contributed by atoms with Crippen LogP contribution in [0.3, 0.4) is 0 Å². The van der Waals surface area contributed by atoms with Crippen molar-refractivity contribution in [2.45, 2.75) is 44.2 Å². The highest BCUT2D eigenvalue weighted by atomic mass is 32.2. The highest BCUT2D eigenvalue weighted by molar-refractivity contribution is 8.00. The fraction of sp³-hybridized carbons (Fsp3) is 0.600. The van der Waals surface area contributed by atoms with Gasteiger partial charge in [0.2, 0.25) is 0 Å². The van der Waals surface area contributed by atoms with E-state index in [1.54, 1.807) is 0 Å². The Balaban J connectivity index is 2.37. The van der Waals surface area contributed by atoms with Crippen LogP contribution in [-0.2, 0) is 5.75 Å². The van der Waals surface area contributed by atoms with Crippen molar-refractivity contribution < 1.29 is 4.74 Å². The summed E-state index contributed by atoms with van der Waals surface area (Å²) >= 11 is 2.03. The summed E-state index contributed by atoms with van der Waals surface area (Å²) in [5, 5.41) is 3.62. The van der Waals surface area contributed by atoms with Gasteiger partial charge < -0.3 is 10.1 Å². The second-order valence-corrected chi connectivity index (χ2v) is 6.81. The highest BCUT2D eigenvalue weighted by Crippen LogP contribution is 2.46. The first-order valence-corrected chi connectivity index (χ1v) is 7.70. The predicted molar refractivity (Wildman–Crippen MR) is 79.4 cm³/mol. The maximum atomic E-state index is 5.63. The Hall–Kier alpha value is -0.670. The standard InChI is InChI=1S/C15H23NOS/c1-5-16-14-13-9-12(17-6-2)8-7-11(13)10-18-15(14,3)4/h7-9,14,16H,5-6,10H2,1-4H3. The van der Waals surface area contributed by atoms with Gasteiger partial charge in [-0.25, -0.2) is 0 Å². The summed E-state index contributed by atoms with van der Waals surface area (Å²) < 4.78 is 5.86. The molecule has 0 saturated heterocycles. The quantitative estimate of drug-likeness (QED) is 0.895. The average molecular weight is 265 g/mol. The lowest BCUT2D eigenvalue weighted by atomic mass is 9.91. The van der Waals surface area contributed by atoms with Crippen molar-refractivity contribution in [2.75, 3.05) is 13.2 Å². The van der Waals surface area contributed by atoms with E-state index in [-0.39, 0.29) is 4.75 Å². The number of thioether (sulfide) groups is 1. The highest BCUT2D eigenvalue weighted by Gasteiger charge is 2.36. The van der Waals surface area contributed by atoms with E-state index in [0.29, 0.717) is 6.04 Å². The molecule has 2 rings (SSSR count).